The Hall–Kier alpha value is -3.83. The molecule has 1 N–H and O–H groups in total. The highest BCUT2D eigenvalue weighted by Gasteiger charge is 2.28. The van der Waals surface area contributed by atoms with E-state index in [2.05, 4.69) is 31.7 Å². The SMILES string of the molecule is C=C1CC(c2noc(-c3ccc(-c4[nH]c(-c5c(F)cccc5Cl)nc4C#N)cn3)n2)C1. The lowest BCUT2D eigenvalue weighted by Crippen LogP contribution is -2.13. The Morgan fingerprint density at radius 3 is 2.74 bits per heavy atom. The first-order valence-corrected chi connectivity index (χ1v) is 9.83. The van der Waals surface area contributed by atoms with Gasteiger partial charge in [-0.25, -0.2) is 9.37 Å². The minimum atomic E-state index is -0.534. The number of benzene rings is 1. The van der Waals surface area contributed by atoms with Crippen LogP contribution in [0.5, 0.6) is 0 Å². The molecule has 1 aliphatic carbocycles. The Labute approximate surface area is 181 Å². The number of nitrogens with one attached hydrogen (secondary N) is 1. The Bertz CT molecular complexity index is 1320. The summed E-state index contributed by atoms with van der Waals surface area (Å²) in [5.74, 6) is 0.856. The van der Waals surface area contributed by atoms with Gasteiger partial charge < -0.3 is 9.51 Å². The number of imidazole rings is 1. The molecular weight excluding hydrogens is 419 g/mol. The maximum Gasteiger partial charge on any atom is 0.276 e. The zero-order valence-electron chi connectivity index (χ0n) is 16.1. The molecule has 0 aliphatic heterocycles. The number of hydrogen-bond acceptors (Lipinski definition) is 6. The van der Waals surface area contributed by atoms with Crippen molar-refractivity contribution in [2.24, 2.45) is 0 Å². The minimum Gasteiger partial charge on any atom is -0.337 e. The molecule has 31 heavy (non-hydrogen) atoms. The first-order valence-electron chi connectivity index (χ1n) is 9.45. The number of H-pyrrole nitrogens is 1. The number of aromatic nitrogens is 5. The van der Waals surface area contributed by atoms with E-state index in [0.717, 1.165) is 12.8 Å². The number of aromatic amines is 1. The van der Waals surface area contributed by atoms with Crippen LogP contribution in [0.1, 0.15) is 30.3 Å². The number of allylic oxidation sites excluding steroid dienone is 1. The number of nitrogens with zero attached hydrogens (tertiary/aromatic N) is 5. The molecule has 3 aromatic heterocycles. The average Bonchev–Trinajstić information content (AvgIpc) is 3.39. The molecule has 5 rings (SSSR count). The molecule has 0 unspecified atom stereocenters. The van der Waals surface area contributed by atoms with Crippen molar-refractivity contribution in [3.63, 3.8) is 0 Å². The number of nitriles is 1. The van der Waals surface area contributed by atoms with Gasteiger partial charge in [-0.2, -0.15) is 10.2 Å². The van der Waals surface area contributed by atoms with Crippen molar-refractivity contribution in [3.8, 4) is 40.3 Å². The summed E-state index contributed by atoms with van der Waals surface area (Å²) in [5, 5.41) is 13.7. The Morgan fingerprint density at radius 1 is 1.23 bits per heavy atom. The summed E-state index contributed by atoms with van der Waals surface area (Å²) < 4.78 is 19.6. The number of halogens is 2. The molecule has 152 valence electrons. The highest BCUT2D eigenvalue weighted by molar-refractivity contribution is 6.33. The first kappa shape index (κ1) is 19.2. The van der Waals surface area contributed by atoms with Crippen molar-refractivity contribution in [1.29, 1.82) is 5.26 Å². The summed E-state index contributed by atoms with van der Waals surface area (Å²) in [6.07, 6.45) is 3.30. The van der Waals surface area contributed by atoms with Gasteiger partial charge in [0, 0.05) is 17.7 Å². The van der Waals surface area contributed by atoms with Crippen LogP contribution in [-0.2, 0) is 0 Å². The monoisotopic (exact) mass is 432 g/mol. The molecule has 3 heterocycles. The van der Waals surface area contributed by atoms with Crippen molar-refractivity contribution in [2.75, 3.05) is 0 Å². The summed E-state index contributed by atoms with van der Waals surface area (Å²) in [6, 6.07) is 9.82. The van der Waals surface area contributed by atoms with E-state index in [9.17, 15) is 9.65 Å². The molecule has 1 fully saturated rings. The molecular formula is C22H14ClFN6O. The zero-order valence-corrected chi connectivity index (χ0v) is 16.8. The van der Waals surface area contributed by atoms with E-state index in [0.29, 0.717) is 28.7 Å². The molecule has 0 saturated heterocycles. The second kappa shape index (κ2) is 7.45. The van der Waals surface area contributed by atoms with Crippen molar-refractivity contribution in [2.45, 2.75) is 18.8 Å². The zero-order chi connectivity index (χ0) is 21.5. The third-order valence-electron chi connectivity index (χ3n) is 5.16. The topological polar surface area (TPSA) is 104 Å². The summed E-state index contributed by atoms with van der Waals surface area (Å²) in [7, 11) is 0. The van der Waals surface area contributed by atoms with Crippen LogP contribution in [0.25, 0.3) is 34.2 Å². The summed E-state index contributed by atoms with van der Waals surface area (Å²) in [6.45, 7) is 3.93. The van der Waals surface area contributed by atoms with Crippen LogP contribution in [0.4, 0.5) is 4.39 Å². The summed E-state index contributed by atoms with van der Waals surface area (Å²) in [5.41, 5.74) is 2.91. The lowest BCUT2D eigenvalue weighted by molar-refractivity contribution is 0.403. The maximum atomic E-state index is 14.3. The molecule has 0 atom stereocenters. The largest absolute Gasteiger partial charge is 0.337 e. The smallest absolute Gasteiger partial charge is 0.276 e. The fourth-order valence-corrected chi connectivity index (χ4v) is 3.75. The summed E-state index contributed by atoms with van der Waals surface area (Å²) in [4.78, 5) is 16.0. The van der Waals surface area contributed by atoms with E-state index >= 15 is 0 Å². The lowest BCUT2D eigenvalue weighted by atomic mass is 9.81. The Morgan fingerprint density at radius 2 is 2.06 bits per heavy atom. The van der Waals surface area contributed by atoms with E-state index in [1.54, 1.807) is 24.4 Å². The summed E-state index contributed by atoms with van der Waals surface area (Å²) >= 11 is 6.13. The van der Waals surface area contributed by atoms with E-state index in [4.69, 9.17) is 16.1 Å². The van der Waals surface area contributed by atoms with Gasteiger partial charge in [-0.15, -0.1) is 0 Å². The van der Waals surface area contributed by atoms with Gasteiger partial charge in [0.05, 0.1) is 16.3 Å². The van der Waals surface area contributed by atoms with Crippen LogP contribution in [0.3, 0.4) is 0 Å². The molecule has 0 radical (unpaired) electrons. The van der Waals surface area contributed by atoms with E-state index in [1.165, 1.54) is 17.7 Å². The molecule has 7 nitrogen and oxygen atoms in total. The van der Waals surface area contributed by atoms with Gasteiger partial charge >= 0.3 is 0 Å². The normalized spacial score (nSPS) is 13.8. The van der Waals surface area contributed by atoms with Crippen molar-refractivity contribution in [3.05, 3.63) is 71.0 Å². The van der Waals surface area contributed by atoms with Crippen LogP contribution in [-0.4, -0.2) is 25.1 Å². The van der Waals surface area contributed by atoms with Gasteiger partial charge in [0.15, 0.2) is 11.5 Å². The van der Waals surface area contributed by atoms with Gasteiger partial charge in [-0.05, 0) is 37.1 Å². The van der Waals surface area contributed by atoms with E-state index in [-0.39, 0.29) is 28.0 Å². The molecule has 0 spiro atoms. The highest BCUT2D eigenvalue weighted by atomic mass is 35.5. The molecule has 4 aromatic rings. The molecule has 0 amide bonds. The molecule has 1 aromatic carbocycles. The molecule has 0 bridgehead atoms. The van der Waals surface area contributed by atoms with Crippen LogP contribution < -0.4 is 0 Å². The Balaban J connectivity index is 1.46. The number of pyridine rings is 1. The quantitative estimate of drug-likeness (QED) is 0.439. The average molecular weight is 433 g/mol. The first-order chi connectivity index (χ1) is 15.0. The fourth-order valence-electron chi connectivity index (χ4n) is 3.50. The van der Waals surface area contributed by atoms with Gasteiger partial charge in [-0.3, -0.25) is 4.98 Å². The standard InChI is InChI=1S/C22H14ClFN6O/c1-11-7-13(8-11)20-29-22(31-30-20)16-6-5-12(10-26-16)19-17(9-25)27-21(28-19)18-14(23)3-2-4-15(18)24/h2-6,10,13H,1,7-8H2,(H,27,28). The van der Waals surface area contributed by atoms with Crippen molar-refractivity contribution >= 4 is 11.6 Å². The van der Waals surface area contributed by atoms with Gasteiger partial charge in [0.1, 0.15) is 23.4 Å². The Kier molecular flexibility index (Phi) is 4.60. The van der Waals surface area contributed by atoms with Crippen LogP contribution in [0, 0.1) is 17.1 Å². The van der Waals surface area contributed by atoms with Crippen LogP contribution in [0.15, 0.2) is 53.2 Å². The number of hydrogen-bond donors (Lipinski definition) is 1. The lowest BCUT2D eigenvalue weighted by Gasteiger charge is -2.24. The highest BCUT2D eigenvalue weighted by Crippen LogP contribution is 2.39. The van der Waals surface area contributed by atoms with E-state index < -0.39 is 5.82 Å². The van der Waals surface area contributed by atoms with Gasteiger partial charge in [-0.1, -0.05) is 35.0 Å². The predicted molar refractivity (Wildman–Crippen MR) is 111 cm³/mol. The van der Waals surface area contributed by atoms with E-state index in [1.807, 2.05) is 6.07 Å². The van der Waals surface area contributed by atoms with Gasteiger partial charge in [0.25, 0.3) is 5.89 Å². The predicted octanol–water partition coefficient (Wildman–Crippen LogP) is 5.29. The molecule has 1 saturated carbocycles. The molecule has 9 heteroatoms. The van der Waals surface area contributed by atoms with Crippen molar-refractivity contribution in [1.82, 2.24) is 25.1 Å². The number of rotatable bonds is 4. The van der Waals surface area contributed by atoms with Crippen molar-refractivity contribution < 1.29 is 8.91 Å². The van der Waals surface area contributed by atoms with Crippen LogP contribution >= 0.6 is 11.6 Å². The molecule has 1 aliphatic rings. The van der Waals surface area contributed by atoms with Crippen LogP contribution in [0.2, 0.25) is 5.02 Å². The fraction of sp³-hybridized carbons (Fsp3) is 0.136. The maximum absolute atomic E-state index is 14.3. The third-order valence-corrected chi connectivity index (χ3v) is 5.47. The third kappa shape index (κ3) is 3.39. The second-order valence-electron chi connectivity index (χ2n) is 7.26. The van der Waals surface area contributed by atoms with Gasteiger partial charge in [0.2, 0.25) is 0 Å². The second-order valence-corrected chi connectivity index (χ2v) is 7.67. The minimum absolute atomic E-state index is 0.105.